The van der Waals surface area contributed by atoms with Gasteiger partial charge in [0, 0.05) is 42.6 Å². The molecule has 0 unspecified atom stereocenters. The summed E-state index contributed by atoms with van der Waals surface area (Å²) in [5.74, 6) is 1.96. The number of hydrogen-bond acceptors (Lipinski definition) is 6. The summed E-state index contributed by atoms with van der Waals surface area (Å²) < 4.78 is 0. The van der Waals surface area contributed by atoms with Crippen molar-refractivity contribution in [3.8, 4) is 0 Å². The van der Waals surface area contributed by atoms with Gasteiger partial charge in [0.15, 0.2) is 0 Å². The number of anilines is 1. The van der Waals surface area contributed by atoms with E-state index in [-0.39, 0.29) is 10.6 Å². The summed E-state index contributed by atoms with van der Waals surface area (Å²) in [7, 11) is 0. The third-order valence-corrected chi connectivity index (χ3v) is 5.78. The van der Waals surface area contributed by atoms with E-state index in [2.05, 4.69) is 28.1 Å². The molecule has 1 saturated heterocycles. The second kappa shape index (κ2) is 8.31. The molecule has 0 bridgehead atoms. The highest BCUT2D eigenvalue weighted by atomic mass is 16.6. The van der Waals surface area contributed by atoms with Gasteiger partial charge in [-0.25, -0.2) is 4.99 Å². The van der Waals surface area contributed by atoms with Crippen molar-refractivity contribution in [3.63, 3.8) is 0 Å². The number of benzene rings is 1. The zero-order chi connectivity index (χ0) is 19.5. The fraction of sp³-hybridized carbons (Fsp3) is 0.571. The summed E-state index contributed by atoms with van der Waals surface area (Å²) in [4.78, 5) is 20.1. The second-order valence-corrected chi connectivity index (χ2v) is 8.03. The Kier molecular flexibility index (Phi) is 5.62. The van der Waals surface area contributed by atoms with Gasteiger partial charge in [-0.05, 0) is 50.3 Å². The van der Waals surface area contributed by atoms with Crippen LogP contribution < -0.4 is 10.2 Å². The van der Waals surface area contributed by atoms with Gasteiger partial charge in [-0.15, -0.1) is 0 Å². The monoisotopic (exact) mass is 383 g/mol. The quantitative estimate of drug-likeness (QED) is 0.576. The molecule has 3 aliphatic rings. The normalized spacial score (nSPS) is 22.2. The first-order chi connectivity index (χ1) is 13.6. The lowest BCUT2D eigenvalue weighted by Gasteiger charge is -2.31. The molecule has 0 aromatic heterocycles. The number of amidine groups is 1. The number of non-ortho nitro benzene ring substituents is 1. The van der Waals surface area contributed by atoms with Crippen LogP contribution >= 0.6 is 0 Å². The highest BCUT2D eigenvalue weighted by Gasteiger charge is 2.29. The predicted octanol–water partition coefficient (Wildman–Crippen LogP) is 3.53. The van der Waals surface area contributed by atoms with Crippen LogP contribution in [-0.2, 0) is 0 Å². The van der Waals surface area contributed by atoms with Crippen molar-refractivity contribution in [1.29, 1.82) is 0 Å². The summed E-state index contributed by atoms with van der Waals surface area (Å²) in [6.45, 7) is 5.87. The average molecular weight is 383 g/mol. The molecule has 0 radical (unpaired) electrons. The first-order valence-electron chi connectivity index (χ1n) is 10.4. The lowest BCUT2D eigenvalue weighted by Crippen LogP contribution is -2.38. The fourth-order valence-corrected chi connectivity index (χ4v) is 3.97. The van der Waals surface area contributed by atoms with Crippen LogP contribution in [0.3, 0.4) is 0 Å². The van der Waals surface area contributed by atoms with Gasteiger partial charge in [0.2, 0.25) is 0 Å². The molecule has 7 nitrogen and oxygen atoms in total. The van der Waals surface area contributed by atoms with Gasteiger partial charge in [-0.1, -0.05) is 19.4 Å². The fourth-order valence-electron chi connectivity index (χ4n) is 3.97. The Bertz CT molecular complexity index is 787. The molecule has 0 amide bonds. The summed E-state index contributed by atoms with van der Waals surface area (Å²) in [6.07, 6.45) is 8.06. The minimum Gasteiger partial charge on any atom is -0.355 e. The molecule has 1 aromatic carbocycles. The van der Waals surface area contributed by atoms with Gasteiger partial charge in [0.1, 0.15) is 12.5 Å². The van der Waals surface area contributed by atoms with Gasteiger partial charge in [0.25, 0.3) is 5.69 Å². The molecule has 1 N–H and O–H groups in total. The molecule has 28 heavy (non-hydrogen) atoms. The van der Waals surface area contributed by atoms with Gasteiger partial charge < -0.3 is 15.1 Å². The first kappa shape index (κ1) is 18.9. The maximum atomic E-state index is 11.1. The van der Waals surface area contributed by atoms with Crippen molar-refractivity contribution in [2.24, 2.45) is 10.9 Å². The maximum Gasteiger partial charge on any atom is 0.271 e. The maximum absolute atomic E-state index is 11.1. The van der Waals surface area contributed by atoms with Crippen molar-refractivity contribution in [1.82, 2.24) is 10.2 Å². The van der Waals surface area contributed by atoms with E-state index in [1.54, 1.807) is 12.1 Å². The van der Waals surface area contributed by atoms with E-state index in [1.165, 1.54) is 24.6 Å². The van der Waals surface area contributed by atoms with Crippen LogP contribution in [-0.4, -0.2) is 48.0 Å². The molecule has 1 aromatic rings. The molecule has 1 atom stereocenters. The Labute approximate surface area is 166 Å². The van der Waals surface area contributed by atoms with Gasteiger partial charge >= 0.3 is 0 Å². The lowest BCUT2D eigenvalue weighted by molar-refractivity contribution is -0.384. The van der Waals surface area contributed by atoms with E-state index in [0.29, 0.717) is 12.7 Å². The molecule has 1 saturated carbocycles. The molecular formula is C21H29N5O2. The summed E-state index contributed by atoms with van der Waals surface area (Å²) in [5.41, 5.74) is 2.14. The zero-order valence-corrected chi connectivity index (χ0v) is 16.5. The van der Waals surface area contributed by atoms with Gasteiger partial charge in [-0.3, -0.25) is 10.1 Å². The van der Waals surface area contributed by atoms with E-state index >= 15 is 0 Å². The summed E-state index contributed by atoms with van der Waals surface area (Å²) in [6, 6.07) is 7.39. The molecule has 150 valence electrons. The minimum absolute atomic E-state index is 0.118. The zero-order valence-electron chi connectivity index (χ0n) is 16.5. The van der Waals surface area contributed by atoms with Crippen LogP contribution in [0.2, 0.25) is 0 Å². The molecule has 2 aliphatic heterocycles. The van der Waals surface area contributed by atoms with Crippen molar-refractivity contribution < 1.29 is 4.92 Å². The third-order valence-electron chi connectivity index (χ3n) is 5.78. The molecular weight excluding hydrogens is 354 g/mol. The predicted molar refractivity (Wildman–Crippen MR) is 112 cm³/mol. The largest absolute Gasteiger partial charge is 0.355 e. The number of nitro benzene ring substituents is 1. The number of likely N-dealkylation sites (tertiary alicyclic amines) is 1. The Morgan fingerprint density at radius 3 is 2.93 bits per heavy atom. The molecule has 4 rings (SSSR count). The van der Waals surface area contributed by atoms with Crippen molar-refractivity contribution >= 4 is 17.2 Å². The van der Waals surface area contributed by atoms with E-state index in [9.17, 15) is 10.1 Å². The van der Waals surface area contributed by atoms with Crippen molar-refractivity contribution in [2.45, 2.75) is 45.1 Å². The van der Waals surface area contributed by atoms with Crippen LogP contribution in [0, 0.1) is 16.0 Å². The van der Waals surface area contributed by atoms with Crippen LogP contribution in [0.4, 0.5) is 11.4 Å². The summed E-state index contributed by atoms with van der Waals surface area (Å²) >= 11 is 0. The Hall–Kier alpha value is -2.41. The number of nitrogens with one attached hydrogen (secondary N) is 1. The smallest absolute Gasteiger partial charge is 0.271 e. The number of rotatable bonds is 7. The Morgan fingerprint density at radius 1 is 1.32 bits per heavy atom. The van der Waals surface area contributed by atoms with Crippen LogP contribution in [0.1, 0.15) is 39.0 Å². The standard InChI is InChI=1S/C21H29N5O2/c1-2-4-18-12-21(24-10-9-17(14-24)22-13-16-7-8-16)23-15-25(18)19-5-3-6-20(11-19)26(27)28/h3,5-6,11-12,16-17,22H,2,4,7-10,13-15H2,1H3/t17-/m0/s1. The second-order valence-electron chi connectivity index (χ2n) is 8.03. The van der Waals surface area contributed by atoms with Crippen LogP contribution in [0.15, 0.2) is 41.0 Å². The first-order valence-corrected chi connectivity index (χ1v) is 10.4. The van der Waals surface area contributed by atoms with E-state index in [0.717, 1.165) is 56.3 Å². The van der Waals surface area contributed by atoms with Crippen molar-refractivity contribution in [2.75, 3.05) is 31.2 Å². The number of hydrogen-bond donors (Lipinski definition) is 1. The highest BCUT2D eigenvalue weighted by molar-refractivity contribution is 5.95. The molecule has 7 heteroatoms. The molecule has 1 aliphatic carbocycles. The minimum atomic E-state index is -0.343. The topological polar surface area (TPSA) is 74.0 Å². The number of aliphatic imine (C=N–C) groups is 1. The number of nitrogens with zero attached hydrogens (tertiary/aromatic N) is 4. The average Bonchev–Trinajstić information content (AvgIpc) is 3.42. The van der Waals surface area contributed by atoms with Gasteiger partial charge in [-0.2, -0.15) is 0 Å². The Morgan fingerprint density at radius 2 is 2.18 bits per heavy atom. The SMILES string of the molecule is CCCC1=CC(N2CC[C@H](NCC3CC3)C2)=NCN1c1cccc([N+](=O)[O-])c1. The van der Waals surface area contributed by atoms with E-state index < -0.39 is 0 Å². The third kappa shape index (κ3) is 4.35. The van der Waals surface area contributed by atoms with Crippen LogP contribution in [0.25, 0.3) is 0 Å². The molecule has 2 fully saturated rings. The van der Waals surface area contributed by atoms with E-state index in [4.69, 9.17) is 4.99 Å². The summed E-state index contributed by atoms with van der Waals surface area (Å²) in [5, 5.41) is 14.8. The number of allylic oxidation sites excluding steroid dienone is 1. The Balaban J connectivity index is 1.45. The highest BCUT2D eigenvalue weighted by Crippen LogP contribution is 2.29. The van der Waals surface area contributed by atoms with Crippen molar-refractivity contribution in [3.05, 3.63) is 46.2 Å². The van der Waals surface area contributed by atoms with Gasteiger partial charge in [0.05, 0.1) is 4.92 Å². The lowest BCUT2D eigenvalue weighted by atomic mass is 10.1. The van der Waals surface area contributed by atoms with E-state index in [1.807, 2.05) is 6.07 Å². The van der Waals surface area contributed by atoms with Crippen LogP contribution in [0.5, 0.6) is 0 Å². The number of nitro groups is 1. The molecule has 0 spiro atoms. The molecule has 2 heterocycles.